The van der Waals surface area contributed by atoms with Crippen molar-refractivity contribution in [2.45, 2.75) is 45.7 Å². The van der Waals surface area contributed by atoms with E-state index in [-0.39, 0.29) is 5.82 Å². The Bertz CT molecular complexity index is 542. The Morgan fingerprint density at radius 1 is 1.33 bits per heavy atom. The number of nitrogens with one attached hydrogen (secondary N) is 2. The van der Waals surface area contributed by atoms with Crippen molar-refractivity contribution in [1.29, 1.82) is 0 Å². The molecule has 0 spiro atoms. The molecule has 2 N–H and O–H groups in total. The molecular weight excluding hydrogens is 371 g/mol. The molecule has 4 nitrogen and oxygen atoms in total. The number of piperidine rings is 1. The van der Waals surface area contributed by atoms with Gasteiger partial charge in [0.2, 0.25) is 0 Å². The van der Waals surface area contributed by atoms with E-state index in [9.17, 15) is 4.39 Å². The van der Waals surface area contributed by atoms with Crippen molar-refractivity contribution in [2.24, 2.45) is 4.99 Å². The van der Waals surface area contributed by atoms with E-state index in [1.54, 1.807) is 6.07 Å². The van der Waals surface area contributed by atoms with Gasteiger partial charge in [-0.05, 0) is 56.5 Å². The van der Waals surface area contributed by atoms with Crippen LogP contribution in [0.4, 0.5) is 4.39 Å². The van der Waals surface area contributed by atoms with E-state index in [1.165, 1.54) is 25.1 Å². The number of hydrogen-bond donors (Lipinski definition) is 2. The maximum atomic E-state index is 13.4. The lowest BCUT2D eigenvalue weighted by Gasteiger charge is -2.32. The first kappa shape index (κ1) is 19.2. The van der Waals surface area contributed by atoms with Crippen molar-refractivity contribution in [3.8, 4) is 0 Å². The second-order valence-corrected chi connectivity index (χ2v) is 7.05. The molecule has 0 radical (unpaired) electrons. The lowest BCUT2D eigenvalue weighted by molar-refractivity contribution is 0.206. The highest BCUT2D eigenvalue weighted by molar-refractivity contribution is 9.10. The Hall–Kier alpha value is -1.14. The normalized spacial score (nSPS) is 17.1. The quantitative estimate of drug-likeness (QED) is 0.568. The van der Waals surface area contributed by atoms with Crippen LogP contribution in [0, 0.1) is 5.82 Å². The van der Waals surface area contributed by atoms with Crippen LogP contribution in [0.5, 0.6) is 0 Å². The molecule has 1 fully saturated rings. The summed E-state index contributed by atoms with van der Waals surface area (Å²) < 4.78 is 14.3. The second-order valence-electron chi connectivity index (χ2n) is 6.19. The fourth-order valence-electron chi connectivity index (χ4n) is 2.96. The molecule has 0 aliphatic carbocycles. The van der Waals surface area contributed by atoms with Crippen LogP contribution in [0.3, 0.4) is 0 Å². The van der Waals surface area contributed by atoms with E-state index in [0.717, 1.165) is 48.5 Å². The number of guanidine groups is 1. The molecular formula is C18H28BrFN4. The zero-order valence-corrected chi connectivity index (χ0v) is 16.2. The van der Waals surface area contributed by atoms with E-state index >= 15 is 0 Å². The number of halogens is 2. The van der Waals surface area contributed by atoms with Gasteiger partial charge in [-0.3, -0.25) is 0 Å². The van der Waals surface area contributed by atoms with Gasteiger partial charge in [-0.25, -0.2) is 9.38 Å². The van der Waals surface area contributed by atoms with E-state index in [4.69, 9.17) is 0 Å². The minimum Gasteiger partial charge on any atom is -0.357 e. The van der Waals surface area contributed by atoms with Gasteiger partial charge < -0.3 is 15.5 Å². The minimum atomic E-state index is -0.232. The number of nitrogens with zero attached hydrogens (tertiary/aromatic N) is 2. The number of likely N-dealkylation sites (tertiary alicyclic amines) is 1. The van der Waals surface area contributed by atoms with Crippen LogP contribution in [-0.4, -0.2) is 43.1 Å². The standard InChI is InChI=1S/C18H28BrFN4/c1-3-9-24-10-7-16(8-11-24)23-18(21-4-2)22-13-14-12-15(20)5-6-17(14)19/h5-6,12,16H,3-4,7-11,13H2,1-2H3,(H2,21,22,23). The molecule has 1 aromatic carbocycles. The lowest BCUT2D eigenvalue weighted by atomic mass is 10.1. The van der Waals surface area contributed by atoms with Crippen LogP contribution < -0.4 is 10.6 Å². The number of hydrogen-bond acceptors (Lipinski definition) is 2. The molecule has 134 valence electrons. The van der Waals surface area contributed by atoms with Gasteiger partial charge in [0.05, 0.1) is 6.54 Å². The van der Waals surface area contributed by atoms with Crippen molar-refractivity contribution in [3.05, 3.63) is 34.1 Å². The zero-order chi connectivity index (χ0) is 17.4. The monoisotopic (exact) mass is 398 g/mol. The molecule has 0 saturated carbocycles. The molecule has 2 rings (SSSR count). The van der Waals surface area contributed by atoms with Gasteiger partial charge in [-0.2, -0.15) is 0 Å². The van der Waals surface area contributed by atoms with Crippen molar-refractivity contribution in [2.75, 3.05) is 26.2 Å². The summed E-state index contributed by atoms with van der Waals surface area (Å²) >= 11 is 3.46. The largest absolute Gasteiger partial charge is 0.357 e. The maximum Gasteiger partial charge on any atom is 0.191 e. The Morgan fingerprint density at radius 2 is 2.08 bits per heavy atom. The van der Waals surface area contributed by atoms with Gasteiger partial charge >= 0.3 is 0 Å². The summed E-state index contributed by atoms with van der Waals surface area (Å²) in [5.74, 6) is 0.576. The predicted molar refractivity (Wildman–Crippen MR) is 102 cm³/mol. The van der Waals surface area contributed by atoms with Gasteiger partial charge in [-0.1, -0.05) is 22.9 Å². The van der Waals surface area contributed by atoms with Gasteiger partial charge in [-0.15, -0.1) is 0 Å². The molecule has 0 aromatic heterocycles. The molecule has 1 aliphatic rings. The topological polar surface area (TPSA) is 39.7 Å². The first-order chi connectivity index (χ1) is 11.6. The van der Waals surface area contributed by atoms with E-state index in [2.05, 4.69) is 50.3 Å². The average molecular weight is 399 g/mol. The highest BCUT2D eigenvalue weighted by Crippen LogP contribution is 2.18. The molecule has 24 heavy (non-hydrogen) atoms. The van der Waals surface area contributed by atoms with E-state index < -0.39 is 0 Å². The SMILES string of the molecule is CCCN1CCC(NC(=NCc2cc(F)ccc2Br)NCC)CC1. The third kappa shape index (κ3) is 6.06. The van der Waals surface area contributed by atoms with Gasteiger partial charge in [0.1, 0.15) is 5.82 Å². The first-order valence-corrected chi connectivity index (χ1v) is 9.62. The lowest BCUT2D eigenvalue weighted by Crippen LogP contribution is -2.48. The van der Waals surface area contributed by atoms with Crippen LogP contribution in [0.15, 0.2) is 27.7 Å². The second kappa shape index (κ2) is 9.99. The van der Waals surface area contributed by atoms with Crippen LogP contribution in [-0.2, 0) is 6.54 Å². The average Bonchev–Trinajstić information content (AvgIpc) is 2.57. The first-order valence-electron chi connectivity index (χ1n) is 8.83. The highest BCUT2D eigenvalue weighted by atomic mass is 79.9. The van der Waals surface area contributed by atoms with E-state index in [0.29, 0.717) is 12.6 Å². The fourth-order valence-corrected chi connectivity index (χ4v) is 3.33. The van der Waals surface area contributed by atoms with Crippen molar-refractivity contribution < 1.29 is 4.39 Å². The molecule has 1 aromatic rings. The molecule has 1 heterocycles. The zero-order valence-electron chi connectivity index (χ0n) is 14.6. The summed E-state index contributed by atoms with van der Waals surface area (Å²) in [6.45, 7) is 9.01. The molecule has 0 atom stereocenters. The van der Waals surface area contributed by atoms with Crippen LogP contribution in [0.1, 0.15) is 38.7 Å². The molecule has 6 heteroatoms. The van der Waals surface area contributed by atoms with Crippen molar-refractivity contribution >= 4 is 21.9 Å². The Labute approximate surface area is 153 Å². The summed E-state index contributed by atoms with van der Waals surface area (Å²) in [7, 11) is 0. The number of benzene rings is 1. The third-order valence-corrected chi connectivity index (χ3v) is 5.00. The number of rotatable bonds is 6. The highest BCUT2D eigenvalue weighted by Gasteiger charge is 2.19. The van der Waals surface area contributed by atoms with Crippen molar-refractivity contribution in [3.63, 3.8) is 0 Å². The Morgan fingerprint density at radius 3 is 2.75 bits per heavy atom. The smallest absolute Gasteiger partial charge is 0.191 e. The summed E-state index contributed by atoms with van der Waals surface area (Å²) in [4.78, 5) is 7.14. The number of aliphatic imine (C=N–C) groups is 1. The van der Waals surface area contributed by atoms with E-state index in [1.807, 2.05) is 0 Å². The van der Waals surface area contributed by atoms with Gasteiger partial charge in [0.15, 0.2) is 5.96 Å². The molecule has 0 amide bonds. The Balaban J connectivity index is 1.92. The molecule has 0 unspecified atom stereocenters. The van der Waals surface area contributed by atoms with Crippen LogP contribution in [0.2, 0.25) is 0 Å². The van der Waals surface area contributed by atoms with Crippen LogP contribution >= 0.6 is 15.9 Å². The molecule has 0 bridgehead atoms. The summed E-state index contributed by atoms with van der Waals surface area (Å²) in [6, 6.07) is 5.15. The summed E-state index contributed by atoms with van der Waals surface area (Å²) in [6.07, 6.45) is 3.48. The van der Waals surface area contributed by atoms with Crippen LogP contribution in [0.25, 0.3) is 0 Å². The molecule has 1 aliphatic heterocycles. The van der Waals surface area contributed by atoms with Gasteiger partial charge in [0.25, 0.3) is 0 Å². The minimum absolute atomic E-state index is 0.232. The molecule has 1 saturated heterocycles. The Kier molecular flexibility index (Phi) is 7.99. The van der Waals surface area contributed by atoms with Gasteiger partial charge in [0, 0.05) is 30.1 Å². The predicted octanol–water partition coefficient (Wildman–Crippen LogP) is 3.52. The summed E-state index contributed by atoms with van der Waals surface area (Å²) in [5, 5.41) is 6.81. The fraction of sp³-hybridized carbons (Fsp3) is 0.611. The maximum absolute atomic E-state index is 13.4. The van der Waals surface area contributed by atoms with Crippen molar-refractivity contribution in [1.82, 2.24) is 15.5 Å². The summed E-state index contributed by atoms with van der Waals surface area (Å²) in [5.41, 5.74) is 0.852. The third-order valence-electron chi connectivity index (χ3n) is 4.23.